The van der Waals surface area contributed by atoms with Crippen molar-refractivity contribution >= 4 is 21.6 Å². The quantitative estimate of drug-likeness (QED) is 0.677. The summed E-state index contributed by atoms with van der Waals surface area (Å²) >= 11 is 1.53. The second-order valence-electron chi connectivity index (χ2n) is 5.55. The highest BCUT2D eigenvalue weighted by Crippen LogP contribution is 2.23. The summed E-state index contributed by atoms with van der Waals surface area (Å²) in [5, 5.41) is 0.928. The molecule has 0 spiro atoms. The van der Waals surface area contributed by atoms with E-state index in [0.29, 0.717) is 10.6 Å². The average Bonchev–Trinajstić information content (AvgIpc) is 2.80. The molecule has 1 aromatic carbocycles. The maximum Gasteiger partial charge on any atom is 0.179 e. The van der Waals surface area contributed by atoms with Crippen molar-refractivity contribution in [1.82, 2.24) is 9.55 Å². The van der Waals surface area contributed by atoms with E-state index in [9.17, 15) is 8.42 Å². The Bertz CT molecular complexity index is 737. The molecule has 0 saturated carbocycles. The minimum Gasteiger partial charge on any atom is -0.323 e. The van der Waals surface area contributed by atoms with Crippen molar-refractivity contribution < 1.29 is 8.42 Å². The molecule has 0 atom stereocenters. The average molecular weight is 353 g/mol. The normalized spacial score (nSPS) is 11.8. The summed E-state index contributed by atoms with van der Waals surface area (Å²) in [6, 6.07) is 8.63. The van der Waals surface area contributed by atoms with Crippen LogP contribution in [0, 0.1) is 13.8 Å². The van der Waals surface area contributed by atoms with Crippen molar-refractivity contribution in [1.29, 1.82) is 0 Å². The topological polar surface area (TPSA) is 52.0 Å². The lowest BCUT2D eigenvalue weighted by atomic mass is 10.3. The predicted octanol–water partition coefficient (Wildman–Crippen LogP) is 3.87. The third-order valence-corrected chi connectivity index (χ3v) is 6.81. The second-order valence-corrected chi connectivity index (χ2v) is 8.72. The highest BCUT2D eigenvalue weighted by Gasteiger charge is 2.16. The van der Waals surface area contributed by atoms with Crippen LogP contribution in [0.4, 0.5) is 0 Å². The number of benzene rings is 1. The van der Waals surface area contributed by atoms with Crippen molar-refractivity contribution in [3.63, 3.8) is 0 Å². The van der Waals surface area contributed by atoms with Crippen LogP contribution in [0.1, 0.15) is 31.2 Å². The lowest BCUT2D eigenvalue weighted by Crippen LogP contribution is -2.09. The van der Waals surface area contributed by atoms with E-state index in [0.717, 1.165) is 30.2 Å². The third kappa shape index (κ3) is 4.61. The van der Waals surface area contributed by atoms with Gasteiger partial charge in [0.25, 0.3) is 0 Å². The molecule has 6 heteroatoms. The highest BCUT2D eigenvalue weighted by molar-refractivity contribution is 8.00. The molecule has 0 fully saturated rings. The molecule has 0 radical (unpaired) electrons. The van der Waals surface area contributed by atoms with Gasteiger partial charge in [-0.1, -0.05) is 43.3 Å². The molecule has 0 amide bonds. The van der Waals surface area contributed by atoms with Crippen LogP contribution in [0.25, 0.3) is 0 Å². The Kier molecular flexibility index (Phi) is 6.30. The van der Waals surface area contributed by atoms with Gasteiger partial charge in [-0.15, -0.1) is 0 Å². The fourth-order valence-corrected chi connectivity index (χ4v) is 5.09. The van der Waals surface area contributed by atoms with Crippen molar-refractivity contribution in [2.24, 2.45) is 0 Å². The number of nitrogens with zero attached hydrogens (tertiary/aromatic N) is 2. The lowest BCUT2D eigenvalue weighted by Gasteiger charge is -2.09. The van der Waals surface area contributed by atoms with Gasteiger partial charge in [0, 0.05) is 18.0 Å². The lowest BCUT2D eigenvalue weighted by molar-refractivity contribution is 0.575. The number of rotatable bonds is 8. The third-order valence-electron chi connectivity index (χ3n) is 3.84. The first kappa shape index (κ1) is 18.1. The number of thioether (sulfide) groups is 1. The van der Waals surface area contributed by atoms with Gasteiger partial charge < -0.3 is 4.57 Å². The molecule has 4 nitrogen and oxygen atoms in total. The van der Waals surface area contributed by atoms with E-state index in [4.69, 9.17) is 0 Å². The summed E-state index contributed by atoms with van der Waals surface area (Å²) in [6.07, 6.45) is 2.23. The first-order valence-corrected chi connectivity index (χ1v) is 10.5. The fraction of sp³-hybridized carbons (Fsp3) is 0.471. The van der Waals surface area contributed by atoms with Crippen LogP contribution in [-0.4, -0.2) is 29.5 Å². The summed E-state index contributed by atoms with van der Waals surface area (Å²) in [4.78, 5) is 4.98. The zero-order valence-corrected chi connectivity index (χ0v) is 15.6. The molecular weight excluding hydrogens is 328 g/mol. The van der Waals surface area contributed by atoms with E-state index in [1.165, 1.54) is 17.5 Å². The number of aryl methyl sites for hydroxylation is 1. The van der Waals surface area contributed by atoms with E-state index >= 15 is 0 Å². The van der Waals surface area contributed by atoms with Gasteiger partial charge in [-0.05, 0) is 32.4 Å². The summed E-state index contributed by atoms with van der Waals surface area (Å²) in [5.74, 6) is 0.639. The van der Waals surface area contributed by atoms with Crippen molar-refractivity contribution in [3.8, 4) is 0 Å². The standard InChI is InChI=1S/C17H24N2O2S2/c1-4-5-11-19-15(3)14(2)18-17(19)22-12-13-23(20,21)16-9-7-6-8-10-16/h6-10H,4-5,11-13H2,1-3H3. The molecule has 0 aliphatic heterocycles. The Labute approximate surface area is 143 Å². The largest absolute Gasteiger partial charge is 0.323 e. The molecule has 23 heavy (non-hydrogen) atoms. The maximum absolute atomic E-state index is 12.3. The minimum atomic E-state index is -3.22. The van der Waals surface area contributed by atoms with Crippen LogP contribution >= 0.6 is 11.8 Å². The number of unbranched alkanes of at least 4 members (excludes halogenated alkanes) is 1. The Hall–Kier alpha value is -1.27. The maximum atomic E-state index is 12.3. The first-order chi connectivity index (χ1) is 11.0. The van der Waals surface area contributed by atoms with E-state index in [1.807, 2.05) is 13.0 Å². The Morgan fingerprint density at radius 3 is 2.52 bits per heavy atom. The second kappa shape index (κ2) is 8.02. The monoisotopic (exact) mass is 352 g/mol. The molecule has 1 heterocycles. The minimum absolute atomic E-state index is 0.125. The molecule has 0 aliphatic carbocycles. The molecule has 126 valence electrons. The van der Waals surface area contributed by atoms with Crippen LogP contribution in [0.3, 0.4) is 0 Å². The zero-order valence-electron chi connectivity index (χ0n) is 13.9. The van der Waals surface area contributed by atoms with Gasteiger partial charge in [-0.25, -0.2) is 13.4 Å². The van der Waals surface area contributed by atoms with Crippen LogP contribution in [0.15, 0.2) is 40.4 Å². The summed E-state index contributed by atoms with van der Waals surface area (Å²) in [7, 11) is -3.22. The van der Waals surface area contributed by atoms with E-state index < -0.39 is 9.84 Å². The molecule has 2 aromatic rings. The van der Waals surface area contributed by atoms with Gasteiger partial charge >= 0.3 is 0 Å². The predicted molar refractivity (Wildman–Crippen MR) is 95.8 cm³/mol. The van der Waals surface area contributed by atoms with Crippen molar-refractivity contribution in [2.75, 3.05) is 11.5 Å². The number of sulfone groups is 1. The number of hydrogen-bond acceptors (Lipinski definition) is 4. The van der Waals surface area contributed by atoms with Gasteiger partial charge in [0.05, 0.1) is 16.3 Å². The summed E-state index contributed by atoms with van der Waals surface area (Å²) in [6.45, 7) is 7.18. The van der Waals surface area contributed by atoms with Crippen LogP contribution in [-0.2, 0) is 16.4 Å². The Morgan fingerprint density at radius 1 is 1.17 bits per heavy atom. The molecule has 0 saturated heterocycles. The number of aromatic nitrogens is 2. The Morgan fingerprint density at radius 2 is 1.87 bits per heavy atom. The SMILES string of the molecule is CCCCn1c(SCCS(=O)(=O)c2ccccc2)nc(C)c1C. The van der Waals surface area contributed by atoms with Gasteiger partial charge in [0.1, 0.15) is 0 Å². The van der Waals surface area contributed by atoms with Gasteiger partial charge in [-0.3, -0.25) is 0 Å². The molecule has 0 bridgehead atoms. The molecule has 0 N–H and O–H groups in total. The Balaban J connectivity index is 2.03. The van der Waals surface area contributed by atoms with Gasteiger partial charge in [0.15, 0.2) is 15.0 Å². The van der Waals surface area contributed by atoms with Crippen molar-refractivity contribution in [2.45, 2.75) is 50.2 Å². The molecule has 2 rings (SSSR count). The highest BCUT2D eigenvalue weighted by atomic mass is 32.2. The summed E-state index contributed by atoms with van der Waals surface area (Å²) in [5.41, 5.74) is 2.20. The summed E-state index contributed by atoms with van der Waals surface area (Å²) < 4.78 is 26.8. The van der Waals surface area contributed by atoms with Crippen LogP contribution < -0.4 is 0 Å². The molecular formula is C17H24N2O2S2. The van der Waals surface area contributed by atoms with Crippen molar-refractivity contribution in [3.05, 3.63) is 41.7 Å². The first-order valence-electron chi connectivity index (χ1n) is 7.90. The van der Waals surface area contributed by atoms with E-state index in [2.05, 4.69) is 23.4 Å². The zero-order chi connectivity index (χ0) is 16.9. The molecule has 0 unspecified atom stereocenters. The van der Waals surface area contributed by atoms with Crippen LogP contribution in [0.5, 0.6) is 0 Å². The molecule has 1 aromatic heterocycles. The smallest absolute Gasteiger partial charge is 0.179 e. The van der Waals surface area contributed by atoms with Gasteiger partial charge in [0.2, 0.25) is 0 Å². The number of hydrogen-bond donors (Lipinski definition) is 0. The number of imidazole rings is 1. The van der Waals surface area contributed by atoms with E-state index in [-0.39, 0.29) is 5.75 Å². The van der Waals surface area contributed by atoms with E-state index in [1.54, 1.807) is 24.3 Å². The molecule has 0 aliphatic rings. The van der Waals surface area contributed by atoms with Gasteiger partial charge in [-0.2, -0.15) is 0 Å². The van der Waals surface area contributed by atoms with Crippen LogP contribution in [0.2, 0.25) is 0 Å². The fourth-order valence-electron chi connectivity index (χ4n) is 2.30.